The molecule has 3 amide bonds. The number of anilines is 2. The van der Waals surface area contributed by atoms with E-state index in [1.807, 2.05) is 61.6 Å². The molecule has 4 rings (SSSR count). The number of fused-ring (bicyclic) bond motifs is 3. The van der Waals surface area contributed by atoms with Crippen LogP contribution in [0.25, 0.3) is 32.9 Å². The highest BCUT2D eigenvalue weighted by atomic mass is 35.5. The van der Waals surface area contributed by atoms with Gasteiger partial charge in [-0.1, -0.05) is 18.6 Å². The minimum Gasteiger partial charge on any atom is -1.00 e. The van der Waals surface area contributed by atoms with Crippen molar-refractivity contribution in [2.75, 3.05) is 31.1 Å². The van der Waals surface area contributed by atoms with Gasteiger partial charge in [0.1, 0.15) is 13.1 Å². The second kappa shape index (κ2) is 22.4. The van der Waals surface area contributed by atoms with E-state index in [1.54, 1.807) is 6.07 Å². The van der Waals surface area contributed by atoms with Crippen LogP contribution in [0.3, 0.4) is 0 Å². The molecule has 20 heteroatoms. The van der Waals surface area contributed by atoms with Crippen molar-refractivity contribution >= 4 is 68.7 Å². The number of pyridine rings is 1. The number of alkyl halides is 3. The lowest BCUT2D eigenvalue weighted by Gasteiger charge is -2.14. The number of carboxylic acid groups (broad SMARTS) is 2. The first-order valence-electron chi connectivity index (χ1n) is 17.8. The second-order valence-electron chi connectivity index (χ2n) is 12.9. The number of carboxylic acids is 2. The number of unbranched alkanes of at least 4 members (excludes halogenated alkanes) is 2. The van der Waals surface area contributed by atoms with Gasteiger partial charge in [-0.05, 0) is 68.1 Å². The number of rotatable bonds is 17. The van der Waals surface area contributed by atoms with E-state index in [-0.39, 0.29) is 62.5 Å². The lowest BCUT2D eigenvalue weighted by atomic mass is 9.97. The molecule has 58 heavy (non-hydrogen) atoms. The summed E-state index contributed by atoms with van der Waals surface area (Å²) in [5.74, 6) is -4.87. The maximum Gasteiger partial charge on any atom is 0.490 e. The summed E-state index contributed by atoms with van der Waals surface area (Å²) >= 11 is 0. The average Bonchev–Trinajstić information content (AvgIpc) is 3.14. The summed E-state index contributed by atoms with van der Waals surface area (Å²) in [7, 11) is 1.97. The Labute approximate surface area is 337 Å². The predicted molar refractivity (Wildman–Crippen MR) is 208 cm³/mol. The van der Waals surface area contributed by atoms with Crippen molar-refractivity contribution in [2.45, 2.75) is 57.2 Å². The number of guanidine groups is 1. The highest BCUT2D eigenvalue weighted by Crippen LogP contribution is 2.33. The Kier molecular flexibility index (Phi) is 18.4. The predicted octanol–water partition coefficient (Wildman–Crippen LogP) is -0.294. The molecule has 1 heterocycles. The van der Waals surface area contributed by atoms with Crippen molar-refractivity contribution in [1.82, 2.24) is 16.0 Å². The fourth-order valence-corrected chi connectivity index (χ4v) is 5.83. The van der Waals surface area contributed by atoms with Gasteiger partial charge in [0.25, 0.3) is 5.91 Å². The fraction of sp³-hybridized carbons (Fsp3) is 0.342. The van der Waals surface area contributed by atoms with Gasteiger partial charge in [-0.15, -0.1) is 0 Å². The van der Waals surface area contributed by atoms with Crippen molar-refractivity contribution in [3.05, 3.63) is 66.2 Å². The van der Waals surface area contributed by atoms with E-state index in [9.17, 15) is 37.5 Å². The van der Waals surface area contributed by atoms with Gasteiger partial charge in [0.05, 0.1) is 10.8 Å². The first-order chi connectivity index (χ1) is 26.9. The van der Waals surface area contributed by atoms with Gasteiger partial charge in [0, 0.05) is 66.4 Å². The largest absolute Gasteiger partial charge is 1.00 e. The molecule has 0 fully saturated rings. The number of aryl methyl sites for hydroxylation is 1. The van der Waals surface area contributed by atoms with E-state index in [4.69, 9.17) is 32.8 Å². The molecule has 13 N–H and O–H groups in total. The number of nitrogen functional groups attached to an aromatic ring is 2. The molecule has 0 aliphatic carbocycles. The number of aliphatic carboxylic acids is 2. The van der Waals surface area contributed by atoms with Crippen LogP contribution in [-0.2, 0) is 26.2 Å². The SMILES string of the molecule is C[n+]1c(-c2cccc(C(=O)NCCCCCC(=O)NCCC(=O)N[C@@H](CCCN=C(N)N)C(=O)O)c2)c2cc(N)ccc2c2ccc(N)cc21.O=C(O)C(F)(F)F.[Cl-]. The third-order valence-corrected chi connectivity index (χ3v) is 8.57. The lowest BCUT2D eigenvalue weighted by molar-refractivity contribution is -0.632. The number of hydrogen-bond donors (Lipinski definition) is 9. The molecular weight excluding hydrogens is 787 g/mol. The average molecular weight is 834 g/mol. The number of nitrogens with zero attached hydrogens (tertiary/aromatic N) is 2. The fourth-order valence-electron chi connectivity index (χ4n) is 5.83. The maximum atomic E-state index is 13.1. The number of nitrogens with two attached hydrogens (primary N) is 4. The van der Waals surface area contributed by atoms with Crippen LogP contribution >= 0.6 is 0 Å². The molecule has 1 aromatic heterocycles. The lowest BCUT2D eigenvalue weighted by Crippen LogP contribution is -3.00. The molecular formula is C38H47ClF3N9O7. The first kappa shape index (κ1) is 47.8. The van der Waals surface area contributed by atoms with E-state index in [0.29, 0.717) is 42.7 Å². The van der Waals surface area contributed by atoms with Crippen LogP contribution in [0, 0.1) is 0 Å². The van der Waals surface area contributed by atoms with Crippen LogP contribution in [0.4, 0.5) is 24.5 Å². The van der Waals surface area contributed by atoms with Crippen molar-refractivity contribution in [2.24, 2.45) is 23.5 Å². The number of nitrogens with one attached hydrogen (secondary N) is 3. The Hall–Kier alpha value is -6.37. The molecule has 0 unspecified atom stereocenters. The standard InChI is InChI=1S/C36H45N9O5.C2HF3O2.ClH/c1-45-30-21-25(38)12-14-27(30)26-13-11-24(37)20-28(26)33(45)22-7-5-8-23(19-22)34(48)42-16-4-2-3-10-31(46)41-18-15-32(47)44-29(35(49)50)9-6-17-43-36(39)40;3-2(4,5)1(6)7;/h5,7-8,11-14,19-21,29,38H,2-4,6,9-10,15-18,37H2,1H3,(H8,39,40,41,42,43,44,46,47,48,49,50);(H,6,7);1H/t29-;;/m0../s1. The zero-order chi connectivity index (χ0) is 42.3. The van der Waals surface area contributed by atoms with Crippen LogP contribution in [0.5, 0.6) is 0 Å². The van der Waals surface area contributed by atoms with E-state index in [0.717, 1.165) is 39.4 Å². The third kappa shape index (κ3) is 14.6. The van der Waals surface area contributed by atoms with Crippen LogP contribution in [-0.4, -0.2) is 77.7 Å². The van der Waals surface area contributed by atoms with Gasteiger partial charge >= 0.3 is 18.1 Å². The van der Waals surface area contributed by atoms with Crippen LogP contribution in [0.2, 0.25) is 0 Å². The van der Waals surface area contributed by atoms with E-state index >= 15 is 0 Å². The smallest absolute Gasteiger partial charge is 0.490 e. The number of halogens is 4. The quantitative estimate of drug-likeness (QED) is 0.0166. The summed E-state index contributed by atoms with van der Waals surface area (Å²) in [6.07, 6.45) is -2.28. The van der Waals surface area contributed by atoms with E-state index < -0.39 is 30.1 Å². The zero-order valence-corrected chi connectivity index (χ0v) is 32.3. The summed E-state index contributed by atoms with van der Waals surface area (Å²) < 4.78 is 33.8. The summed E-state index contributed by atoms with van der Waals surface area (Å²) in [6, 6.07) is 18.1. The number of aromatic nitrogens is 1. The molecule has 0 spiro atoms. The second-order valence-corrected chi connectivity index (χ2v) is 12.9. The molecule has 0 aliphatic heterocycles. The molecule has 0 saturated heterocycles. The molecule has 0 bridgehead atoms. The number of benzene rings is 3. The van der Waals surface area contributed by atoms with Crippen molar-refractivity contribution in [3.63, 3.8) is 0 Å². The normalized spacial score (nSPS) is 11.3. The van der Waals surface area contributed by atoms with Gasteiger partial charge in [-0.25, -0.2) is 9.59 Å². The molecule has 1 atom stereocenters. The number of carbonyl (C=O) groups is 5. The molecule has 0 saturated carbocycles. The Morgan fingerprint density at radius 3 is 2.09 bits per heavy atom. The number of carbonyl (C=O) groups excluding carboxylic acids is 3. The van der Waals surface area contributed by atoms with Crippen molar-refractivity contribution < 1.29 is 64.3 Å². The van der Waals surface area contributed by atoms with Crippen molar-refractivity contribution in [3.8, 4) is 11.3 Å². The highest BCUT2D eigenvalue weighted by Gasteiger charge is 2.38. The summed E-state index contributed by atoms with van der Waals surface area (Å²) in [5, 5.41) is 27.6. The van der Waals surface area contributed by atoms with Crippen molar-refractivity contribution in [1.29, 1.82) is 0 Å². The molecule has 4 aromatic rings. The minimum atomic E-state index is -5.08. The summed E-state index contributed by atoms with van der Waals surface area (Å²) in [5.41, 5.74) is 27.4. The maximum absolute atomic E-state index is 13.1. The number of hydrogen-bond acceptors (Lipinski definition) is 8. The third-order valence-electron chi connectivity index (χ3n) is 8.57. The van der Waals surface area contributed by atoms with Gasteiger partial charge in [-0.3, -0.25) is 19.4 Å². The molecule has 0 radical (unpaired) electrons. The zero-order valence-electron chi connectivity index (χ0n) is 31.6. The highest BCUT2D eigenvalue weighted by molar-refractivity contribution is 6.10. The first-order valence-corrected chi connectivity index (χ1v) is 17.8. The number of aliphatic imine (C=N–C) groups is 1. The molecule has 314 valence electrons. The van der Waals surface area contributed by atoms with Crippen LogP contribution in [0.1, 0.15) is 55.3 Å². The Balaban J connectivity index is 0.00000133. The van der Waals surface area contributed by atoms with Crippen LogP contribution in [0.15, 0.2) is 65.7 Å². The van der Waals surface area contributed by atoms with E-state index in [1.165, 1.54) is 0 Å². The number of amides is 3. The van der Waals surface area contributed by atoms with E-state index in [2.05, 4.69) is 25.5 Å². The molecule has 3 aromatic carbocycles. The molecule has 16 nitrogen and oxygen atoms in total. The van der Waals surface area contributed by atoms with Gasteiger partial charge in [0.15, 0.2) is 5.96 Å². The van der Waals surface area contributed by atoms with Gasteiger partial charge < -0.3 is 61.5 Å². The Morgan fingerprint density at radius 1 is 0.793 bits per heavy atom. The Bertz CT molecular complexity index is 2130. The Morgan fingerprint density at radius 2 is 1.45 bits per heavy atom. The molecule has 0 aliphatic rings. The van der Waals surface area contributed by atoms with Gasteiger partial charge in [-0.2, -0.15) is 17.7 Å². The van der Waals surface area contributed by atoms with Crippen LogP contribution < -0.4 is 55.9 Å². The minimum absolute atomic E-state index is 0. The summed E-state index contributed by atoms with van der Waals surface area (Å²) in [6.45, 7) is 0.799. The topological polar surface area (TPSA) is 282 Å². The van der Waals surface area contributed by atoms with Gasteiger partial charge in [0.2, 0.25) is 23.0 Å². The summed E-state index contributed by atoms with van der Waals surface area (Å²) in [4.78, 5) is 61.6. The monoisotopic (exact) mass is 833 g/mol.